The number of pyridine rings is 1. The lowest BCUT2D eigenvalue weighted by molar-refractivity contribution is -0.137. The minimum absolute atomic E-state index is 0.329. The number of rotatable bonds is 5. The van der Waals surface area contributed by atoms with Gasteiger partial charge in [0.1, 0.15) is 0 Å². The van der Waals surface area contributed by atoms with Crippen molar-refractivity contribution in [3.8, 4) is 0 Å². The molecule has 0 aliphatic carbocycles. The van der Waals surface area contributed by atoms with Gasteiger partial charge < -0.3 is 4.74 Å². The summed E-state index contributed by atoms with van der Waals surface area (Å²) in [6.45, 7) is 0.329. The van der Waals surface area contributed by atoms with Crippen LogP contribution in [0.5, 0.6) is 0 Å². The minimum Gasteiger partial charge on any atom is -0.462 e. The minimum atomic E-state index is -0.332. The lowest BCUT2D eigenvalue weighted by Crippen LogP contribution is -2.06. The first kappa shape index (κ1) is 17.0. The van der Waals surface area contributed by atoms with Crippen molar-refractivity contribution in [2.75, 3.05) is 6.61 Å². The van der Waals surface area contributed by atoms with E-state index in [4.69, 9.17) is 9.72 Å². The van der Waals surface area contributed by atoms with Gasteiger partial charge in [0, 0.05) is 23.3 Å². The second-order valence-electron chi connectivity index (χ2n) is 6.29. The summed E-state index contributed by atoms with van der Waals surface area (Å²) >= 11 is 0. The van der Waals surface area contributed by atoms with E-state index in [2.05, 4.69) is 12.1 Å². The molecule has 1 aromatic heterocycles. The highest BCUT2D eigenvalue weighted by Gasteiger charge is 2.09. The molecular formula is C24H19NO2. The summed E-state index contributed by atoms with van der Waals surface area (Å²) in [6, 6.07) is 25.9. The zero-order chi connectivity index (χ0) is 18.5. The largest absolute Gasteiger partial charge is 0.462 e. The van der Waals surface area contributed by atoms with E-state index in [0.717, 1.165) is 32.9 Å². The van der Waals surface area contributed by atoms with Crippen molar-refractivity contribution >= 4 is 33.9 Å². The average molecular weight is 353 g/mol. The van der Waals surface area contributed by atoms with Crippen molar-refractivity contribution in [3.63, 3.8) is 0 Å². The number of benzene rings is 3. The van der Waals surface area contributed by atoms with E-state index < -0.39 is 0 Å². The van der Waals surface area contributed by atoms with Gasteiger partial charge in [0.2, 0.25) is 0 Å². The molecule has 3 heteroatoms. The molecule has 0 fully saturated rings. The fraction of sp³-hybridized carbons (Fsp3) is 0.0833. The Kier molecular flexibility index (Phi) is 4.93. The van der Waals surface area contributed by atoms with Gasteiger partial charge in [-0.2, -0.15) is 0 Å². The van der Waals surface area contributed by atoms with Gasteiger partial charge >= 0.3 is 5.97 Å². The number of carbonyl (C=O) groups is 1. The predicted molar refractivity (Wildman–Crippen MR) is 109 cm³/mol. The molecule has 132 valence electrons. The van der Waals surface area contributed by atoms with E-state index in [0.29, 0.717) is 13.0 Å². The molecule has 27 heavy (non-hydrogen) atoms. The monoisotopic (exact) mass is 353 g/mol. The Labute approximate surface area is 157 Å². The lowest BCUT2D eigenvalue weighted by atomic mass is 10.0. The summed E-state index contributed by atoms with van der Waals surface area (Å²) in [7, 11) is 0. The van der Waals surface area contributed by atoms with Crippen LogP contribution in [0.25, 0.3) is 27.9 Å². The van der Waals surface area contributed by atoms with Crippen LogP contribution in [0.3, 0.4) is 0 Å². The fourth-order valence-corrected chi connectivity index (χ4v) is 3.23. The van der Waals surface area contributed by atoms with E-state index in [1.807, 2.05) is 66.7 Å². The van der Waals surface area contributed by atoms with Crippen LogP contribution in [0.15, 0.2) is 84.9 Å². The third kappa shape index (κ3) is 3.87. The maximum absolute atomic E-state index is 12.0. The predicted octanol–water partition coefficient (Wildman–Crippen LogP) is 5.19. The van der Waals surface area contributed by atoms with Gasteiger partial charge in [0.15, 0.2) is 0 Å². The number of hydrogen-bond acceptors (Lipinski definition) is 3. The van der Waals surface area contributed by atoms with E-state index in [9.17, 15) is 4.79 Å². The number of esters is 1. The Morgan fingerprint density at radius 2 is 1.41 bits per heavy atom. The van der Waals surface area contributed by atoms with Gasteiger partial charge in [0.25, 0.3) is 0 Å². The molecule has 1 heterocycles. The molecule has 0 aliphatic rings. The molecule has 3 aromatic carbocycles. The summed E-state index contributed by atoms with van der Waals surface area (Å²) in [6.07, 6.45) is 3.88. The number of fused-ring (bicyclic) bond motifs is 2. The van der Waals surface area contributed by atoms with Crippen LogP contribution in [0.1, 0.15) is 11.1 Å². The molecule has 4 aromatic rings. The SMILES string of the molecule is O=C(C=Cc1ccccc1)OCCc1c2ccccc2nc2ccccc12. The highest BCUT2D eigenvalue weighted by Crippen LogP contribution is 2.26. The molecule has 0 amide bonds. The van der Waals surface area contributed by atoms with Gasteiger partial charge in [-0.1, -0.05) is 66.7 Å². The molecular weight excluding hydrogens is 334 g/mol. The maximum atomic E-state index is 12.0. The molecule has 0 N–H and O–H groups in total. The van der Waals surface area contributed by atoms with Gasteiger partial charge in [-0.25, -0.2) is 9.78 Å². The highest BCUT2D eigenvalue weighted by atomic mass is 16.5. The van der Waals surface area contributed by atoms with Crippen molar-refractivity contribution in [3.05, 3.63) is 96.1 Å². The van der Waals surface area contributed by atoms with Crippen molar-refractivity contribution < 1.29 is 9.53 Å². The van der Waals surface area contributed by atoms with Crippen molar-refractivity contribution in [1.29, 1.82) is 0 Å². The van der Waals surface area contributed by atoms with Crippen molar-refractivity contribution in [2.45, 2.75) is 6.42 Å². The van der Waals surface area contributed by atoms with E-state index >= 15 is 0 Å². The molecule has 4 rings (SSSR count). The zero-order valence-electron chi connectivity index (χ0n) is 14.8. The van der Waals surface area contributed by atoms with Crippen LogP contribution >= 0.6 is 0 Å². The normalized spacial score (nSPS) is 11.3. The average Bonchev–Trinajstić information content (AvgIpc) is 2.72. The molecule has 0 aliphatic heterocycles. The van der Waals surface area contributed by atoms with Crippen LogP contribution in [0, 0.1) is 0 Å². The van der Waals surface area contributed by atoms with Crippen LogP contribution in [0.2, 0.25) is 0 Å². The molecule has 0 atom stereocenters. The first-order valence-corrected chi connectivity index (χ1v) is 8.97. The molecule has 0 radical (unpaired) electrons. The van der Waals surface area contributed by atoms with Crippen LogP contribution in [-0.4, -0.2) is 17.6 Å². The number of para-hydroxylation sites is 2. The number of ether oxygens (including phenoxy) is 1. The first-order valence-electron chi connectivity index (χ1n) is 8.97. The summed E-state index contributed by atoms with van der Waals surface area (Å²) in [5.74, 6) is -0.332. The number of hydrogen-bond donors (Lipinski definition) is 0. The van der Waals surface area contributed by atoms with Crippen LogP contribution < -0.4 is 0 Å². The summed E-state index contributed by atoms with van der Waals surface area (Å²) in [5, 5.41) is 2.21. The van der Waals surface area contributed by atoms with Gasteiger partial charge in [-0.3, -0.25) is 0 Å². The quantitative estimate of drug-likeness (QED) is 0.282. The van der Waals surface area contributed by atoms with E-state index in [1.54, 1.807) is 6.08 Å². The first-order chi connectivity index (χ1) is 13.3. The maximum Gasteiger partial charge on any atom is 0.330 e. The summed E-state index contributed by atoms with van der Waals surface area (Å²) in [4.78, 5) is 16.7. The van der Waals surface area contributed by atoms with Gasteiger partial charge in [-0.15, -0.1) is 0 Å². The Morgan fingerprint density at radius 1 is 0.815 bits per heavy atom. The molecule has 0 saturated carbocycles. The number of carbonyl (C=O) groups excluding carboxylic acids is 1. The lowest BCUT2D eigenvalue weighted by Gasteiger charge is -2.10. The van der Waals surface area contributed by atoms with E-state index in [1.165, 1.54) is 6.08 Å². The molecule has 0 spiro atoms. The Hall–Kier alpha value is -3.46. The van der Waals surface area contributed by atoms with Gasteiger partial charge in [-0.05, 0) is 29.3 Å². The fourth-order valence-electron chi connectivity index (χ4n) is 3.23. The van der Waals surface area contributed by atoms with E-state index in [-0.39, 0.29) is 5.97 Å². The topological polar surface area (TPSA) is 39.2 Å². The second-order valence-corrected chi connectivity index (χ2v) is 6.29. The molecule has 0 bridgehead atoms. The Balaban J connectivity index is 1.51. The number of nitrogens with zero attached hydrogens (tertiary/aromatic N) is 1. The smallest absolute Gasteiger partial charge is 0.330 e. The third-order valence-corrected chi connectivity index (χ3v) is 4.51. The van der Waals surface area contributed by atoms with Crippen LogP contribution in [0.4, 0.5) is 0 Å². The number of aromatic nitrogens is 1. The zero-order valence-corrected chi connectivity index (χ0v) is 14.8. The summed E-state index contributed by atoms with van der Waals surface area (Å²) in [5.41, 5.74) is 4.06. The third-order valence-electron chi connectivity index (χ3n) is 4.51. The second kappa shape index (κ2) is 7.83. The van der Waals surface area contributed by atoms with Crippen molar-refractivity contribution in [1.82, 2.24) is 4.98 Å². The van der Waals surface area contributed by atoms with Gasteiger partial charge in [0.05, 0.1) is 17.6 Å². The molecule has 0 unspecified atom stereocenters. The molecule has 0 saturated heterocycles. The van der Waals surface area contributed by atoms with Crippen LogP contribution in [-0.2, 0) is 16.0 Å². The Bertz CT molecular complexity index is 1060. The standard InChI is InChI=1S/C24H19NO2/c26-24(15-14-18-8-2-1-3-9-18)27-17-16-19-20-10-4-6-12-22(20)25-23-13-7-5-11-21(19)23/h1-15H,16-17H2. The molecule has 3 nitrogen and oxygen atoms in total. The Morgan fingerprint density at radius 3 is 2.07 bits per heavy atom. The van der Waals surface area contributed by atoms with Crippen molar-refractivity contribution in [2.24, 2.45) is 0 Å². The highest BCUT2D eigenvalue weighted by molar-refractivity contribution is 5.97. The summed E-state index contributed by atoms with van der Waals surface area (Å²) < 4.78 is 5.42.